The molecule has 0 aromatic carbocycles. The monoisotopic (exact) mass is 631 g/mol. The van der Waals surface area contributed by atoms with Crippen LogP contribution >= 0.6 is 0 Å². The van der Waals surface area contributed by atoms with Gasteiger partial charge in [-0.25, -0.2) is 0 Å². The summed E-state index contributed by atoms with van der Waals surface area (Å²) in [6.07, 6.45) is 5.35. The molecule has 10 heteroatoms. The molecule has 10 nitrogen and oxygen atoms in total. The molecular weight excluding hydrogens is 574 g/mol. The van der Waals surface area contributed by atoms with E-state index in [1.165, 1.54) is 0 Å². The Morgan fingerprint density at radius 3 is 2.42 bits per heavy atom. The maximum Gasteiger partial charge on any atom is 0.312 e. The number of carbonyl (C=O) groups is 4. The first-order valence-corrected chi connectivity index (χ1v) is 16.6. The van der Waals surface area contributed by atoms with Crippen LogP contribution in [-0.2, 0) is 28.7 Å². The van der Waals surface area contributed by atoms with Crippen LogP contribution in [0.1, 0.15) is 93.9 Å². The Morgan fingerprint density at radius 1 is 1.20 bits per heavy atom. The van der Waals surface area contributed by atoms with Crippen molar-refractivity contribution in [1.82, 2.24) is 15.1 Å². The van der Waals surface area contributed by atoms with Crippen molar-refractivity contribution in [3.05, 3.63) is 25.3 Å². The molecule has 2 bridgehead atoms. The predicted molar refractivity (Wildman–Crippen MR) is 173 cm³/mol. The number of aliphatic hydroxyl groups excluding tert-OH is 1. The topological polar surface area (TPSA) is 125 Å². The number of esters is 1. The first-order chi connectivity index (χ1) is 21.0. The average molecular weight is 632 g/mol. The lowest BCUT2D eigenvalue weighted by atomic mass is 9.70. The number of rotatable bonds is 16. The summed E-state index contributed by atoms with van der Waals surface area (Å²) in [5, 5.41) is 13.4. The number of nitrogens with zero attached hydrogens (tertiary/aromatic N) is 2. The summed E-state index contributed by atoms with van der Waals surface area (Å²) in [6.45, 7) is 23.7. The van der Waals surface area contributed by atoms with Gasteiger partial charge in [0, 0.05) is 18.5 Å². The number of hydrogen-bond acceptors (Lipinski definition) is 7. The van der Waals surface area contributed by atoms with Gasteiger partial charge in [-0.2, -0.15) is 0 Å². The lowest BCUT2D eigenvalue weighted by Gasteiger charge is -2.47. The molecule has 254 valence electrons. The van der Waals surface area contributed by atoms with E-state index in [0.29, 0.717) is 38.5 Å². The molecule has 3 rings (SSSR count). The molecule has 0 aromatic rings. The zero-order chi connectivity index (χ0) is 33.9. The highest BCUT2D eigenvalue weighted by Crippen LogP contribution is 2.59. The van der Waals surface area contributed by atoms with E-state index < -0.39 is 53.2 Å². The average Bonchev–Trinajstić information content (AvgIpc) is 3.59. The SMILES string of the molecule is C=CCCC(=O)NC[C@H](C)OC(=O)[C@@H]1[C@H]2C(=O)N([C@@H](CO)[C@@H](C)CC)[C@H](C(=O)N(CC=C)C(C)(C)CC(C)(C)C)[C@]23CC[C@H]1O3. The van der Waals surface area contributed by atoms with Crippen molar-refractivity contribution < 1.29 is 33.8 Å². The maximum atomic E-state index is 14.9. The summed E-state index contributed by atoms with van der Waals surface area (Å²) in [6, 6.07) is -1.64. The molecule has 0 unspecified atom stereocenters. The molecule has 2 N–H and O–H groups in total. The Labute approximate surface area is 269 Å². The lowest BCUT2D eigenvalue weighted by Crippen LogP contribution is -2.63. The highest BCUT2D eigenvalue weighted by molar-refractivity contribution is 5.98. The van der Waals surface area contributed by atoms with Crippen molar-refractivity contribution in [3.63, 3.8) is 0 Å². The van der Waals surface area contributed by atoms with Crippen LogP contribution in [0.3, 0.4) is 0 Å². The second-order valence-corrected chi connectivity index (χ2v) is 15.1. The van der Waals surface area contributed by atoms with Gasteiger partial charge in [0.1, 0.15) is 17.7 Å². The number of allylic oxidation sites excluding steroid dienone is 1. The van der Waals surface area contributed by atoms with Crippen LogP contribution in [0.5, 0.6) is 0 Å². The van der Waals surface area contributed by atoms with Crippen LogP contribution in [0.2, 0.25) is 0 Å². The van der Waals surface area contributed by atoms with Gasteiger partial charge >= 0.3 is 5.97 Å². The minimum Gasteiger partial charge on any atom is -0.460 e. The Kier molecular flexibility index (Phi) is 11.7. The van der Waals surface area contributed by atoms with Crippen molar-refractivity contribution in [3.8, 4) is 0 Å². The number of amides is 3. The van der Waals surface area contributed by atoms with Crippen molar-refractivity contribution in [2.24, 2.45) is 23.2 Å². The Balaban J connectivity index is 2.00. The van der Waals surface area contributed by atoms with E-state index in [2.05, 4.69) is 39.2 Å². The molecular formula is C35H57N3O7. The van der Waals surface area contributed by atoms with E-state index in [9.17, 15) is 24.3 Å². The predicted octanol–water partition coefficient (Wildman–Crippen LogP) is 4.01. The van der Waals surface area contributed by atoms with Crippen molar-refractivity contribution in [1.29, 1.82) is 0 Å². The summed E-state index contributed by atoms with van der Waals surface area (Å²) in [7, 11) is 0. The van der Waals surface area contributed by atoms with Gasteiger partial charge in [0.25, 0.3) is 0 Å². The smallest absolute Gasteiger partial charge is 0.312 e. The van der Waals surface area contributed by atoms with Crippen LogP contribution in [0.4, 0.5) is 0 Å². The first kappa shape index (κ1) is 36.7. The van der Waals surface area contributed by atoms with Gasteiger partial charge in [0.05, 0.1) is 37.1 Å². The molecule has 3 aliphatic heterocycles. The number of hydrogen-bond donors (Lipinski definition) is 2. The van der Waals surface area contributed by atoms with E-state index >= 15 is 0 Å². The largest absolute Gasteiger partial charge is 0.460 e. The molecule has 0 radical (unpaired) electrons. The molecule has 1 spiro atoms. The van der Waals surface area contributed by atoms with Gasteiger partial charge < -0.3 is 29.7 Å². The summed E-state index contributed by atoms with van der Waals surface area (Å²) in [5.74, 6) is -3.25. The Hall–Kier alpha value is -2.72. The normalized spacial score (nSPS) is 27.8. The Morgan fingerprint density at radius 2 is 1.87 bits per heavy atom. The van der Waals surface area contributed by atoms with E-state index in [-0.39, 0.29) is 48.8 Å². The minimum atomic E-state index is -1.22. The van der Waals surface area contributed by atoms with Gasteiger partial charge in [0.15, 0.2) is 0 Å². The van der Waals surface area contributed by atoms with E-state index in [1.807, 2.05) is 27.7 Å². The fourth-order valence-electron chi connectivity index (χ4n) is 8.01. The van der Waals surface area contributed by atoms with Crippen LogP contribution in [0, 0.1) is 23.2 Å². The summed E-state index contributed by atoms with van der Waals surface area (Å²) < 4.78 is 12.4. The molecule has 3 amide bonds. The highest BCUT2D eigenvalue weighted by Gasteiger charge is 2.76. The van der Waals surface area contributed by atoms with Gasteiger partial charge in [-0.1, -0.05) is 53.2 Å². The fourth-order valence-corrected chi connectivity index (χ4v) is 8.01. The fraction of sp³-hybridized carbons (Fsp3) is 0.771. The molecule has 3 saturated heterocycles. The highest BCUT2D eigenvalue weighted by atomic mass is 16.6. The molecule has 0 aromatic heterocycles. The summed E-state index contributed by atoms with van der Waals surface area (Å²) >= 11 is 0. The molecule has 8 atom stereocenters. The van der Waals surface area contributed by atoms with Crippen LogP contribution in [0.15, 0.2) is 25.3 Å². The number of ether oxygens (including phenoxy) is 2. The summed E-state index contributed by atoms with van der Waals surface area (Å²) in [4.78, 5) is 58.6. The maximum absolute atomic E-state index is 14.9. The Bertz CT molecular complexity index is 1130. The standard InChI is InChI=1S/C35H57N3O7/c1-11-14-15-26(40)36-19-23(5)44-32(43)27-25-16-17-35(45-25)28(27)30(41)38(24(20-39)22(4)13-3)29(35)31(42)37(18-12-2)34(9,10)21-33(6,7)8/h11-12,22-25,27-29,39H,1-2,13-21H2,3-10H3,(H,36,40)/t22-,23-,24-,25+,27-,28-,29+,35-/m0/s1. The van der Waals surface area contributed by atoms with Gasteiger partial charge in [-0.05, 0) is 57.8 Å². The third kappa shape index (κ3) is 7.48. The summed E-state index contributed by atoms with van der Waals surface area (Å²) in [5.41, 5.74) is -1.89. The second-order valence-electron chi connectivity index (χ2n) is 15.1. The number of nitrogens with one attached hydrogen (secondary N) is 1. The number of carbonyl (C=O) groups excluding carboxylic acids is 4. The molecule has 3 aliphatic rings. The van der Waals surface area contributed by atoms with E-state index in [1.54, 1.807) is 28.9 Å². The van der Waals surface area contributed by atoms with Crippen LogP contribution in [0.25, 0.3) is 0 Å². The van der Waals surface area contributed by atoms with Crippen molar-refractivity contribution in [2.75, 3.05) is 19.7 Å². The first-order valence-electron chi connectivity index (χ1n) is 16.6. The number of likely N-dealkylation sites (tertiary alicyclic amines) is 1. The molecule has 3 heterocycles. The van der Waals surface area contributed by atoms with Gasteiger partial charge in [-0.15, -0.1) is 13.2 Å². The zero-order valence-corrected chi connectivity index (χ0v) is 28.8. The zero-order valence-electron chi connectivity index (χ0n) is 28.8. The third-order valence-corrected chi connectivity index (χ3v) is 9.84. The van der Waals surface area contributed by atoms with E-state index in [4.69, 9.17) is 9.47 Å². The number of aliphatic hydroxyl groups is 1. The second kappa shape index (κ2) is 14.4. The molecule has 45 heavy (non-hydrogen) atoms. The quantitative estimate of drug-likeness (QED) is 0.195. The molecule has 0 aliphatic carbocycles. The van der Waals surface area contributed by atoms with Crippen LogP contribution in [-0.4, -0.2) is 93.7 Å². The van der Waals surface area contributed by atoms with Crippen molar-refractivity contribution >= 4 is 23.7 Å². The molecule has 0 saturated carbocycles. The van der Waals surface area contributed by atoms with Gasteiger partial charge in [0.2, 0.25) is 17.7 Å². The van der Waals surface area contributed by atoms with Crippen molar-refractivity contribution in [2.45, 2.75) is 129 Å². The van der Waals surface area contributed by atoms with Crippen LogP contribution < -0.4 is 5.32 Å². The van der Waals surface area contributed by atoms with Gasteiger partial charge in [-0.3, -0.25) is 19.2 Å². The third-order valence-electron chi connectivity index (χ3n) is 9.84. The number of fused-ring (bicyclic) bond motifs is 1. The molecule has 3 fully saturated rings. The minimum absolute atomic E-state index is 0.0848. The lowest BCUT2D eigenvalue weighted by molar-refractivity contribution is -0.161. The van der Waals surface area contributed by atoms with E-state index in [0.717, 1.165) is 0 Å².